The summed E-state index contributed by atoms with van der Waals surface area (Å²) in [7, 11) is 0. The fourth-order valence-corrected chi connectivity index (χ4v) is 3.19. The summed E-state index contributed by atoms with van der Waals surface area (Å²) in [5.74, 6) is -1.26. The number of thioether (sulfide) groups is 1. The van der Waals surface area contributed by atoms with E-state index < -0.39 is 17.0 Å². The van der Waals surface area contributed by atoms with Gasteiger partial charge in [-0.15, -0.1) is 0 Å². The van der Waals surface area contributed by atoms with Crippen LogP contribution in [0.4, 0.5) is 10.1 Å². The molecule has 132 valence electrons. The molecule has 0 spiro atoms. The van der Waals surface area contributed by atoms with Gasteiger partial charge in [0.05, 0.1) is 10.9 Å². The Balaban J connectivity index is 2.00. The van der Waals surface area contributed by atoms with Gasteiger partial charge in [-0.3, -0.25) is 14.5 Å². The third-order valence-corrected chi connectivity index (χ3v) is 4.77. The highest BCUT2D eigenvalue weighted by atomic mass is 32.2. The van der Waals surface area contributed by atoms with E-state index in [9.17, 15) is 14.0 Å². The van der Waals surface area contributed by atoms with Crippen LogP contribution in [0.1, 0.15) is 12.5 Å². The Kier molecular flexibility index (Phi) is 5.18. The first-order valence-corrected chi connectivity index (χ1v) is 8.75. The van der Waals surface area contributed by atoms with Crippen molar-refractivity contribution in [3.05, 3.63) is 71.7 Å². The summed E-state index contributed by atoms with van der Waals surface area (Å²) < 4.78 is 13.2. The van der Waals surface area contributed by atoms with E-state index in [2.05, 4.69) is 4.99 Å². The summed E-state index contributed by atoms with van der Waals surface area (Å²) in [6.45, 7) is 1.64. The van der Waals surface area contributed by atoms with Crippen molar-refractivity contribution in [2.24, 2.45) is 10.7 Å². The minimum absolute atomic E-state index is 0.236. The van der Waals surface area contributed by atoms with Gasteiger partial charge in [-0.2, -0.15) is 0 Å². The van der Waals surface area contributed by atoms with Crippen molar-refractivity contribution in [1.82, 2.24) is 0 Å². The first-order chi connectivity index (χ1) is 12.5. The number of benzene rings is 2. The highest BCUT2D eigenvalue weighted by Gasteiger charge is 2.33. The largest absolute Gasteiger partial charge is 0.369 e. The molecule has 0 aliphatic carbocycles. The Morgan fingerprint density at radius 2 is 1.85 bits per heavy atom. The monoisotopic (exact) mass is 369 g/mol. The lowest BCUT2D eigenvalue weighted by molar-refractivity contribution is -0.117. The number of nitrogens with zero attached hydrogens (tertiary/aromatic N) is 2. The second-order valence-electron chi connectivity index (χ2n) is 5.61. The lowest BCUT2D eigenvalue weighted by atomic mass is 10.2. The number of amidine groups is 1. The number of carbonyl (C=O) groups is 2. The van der Waals surface area contributed by atoms with Crippen molar-refractivity contribution in [2.45, 2.75) is 12.2 Å². The molecule has 7 heteroatoms. The van der Waals surface area contributed by atoms with Crippen molar-refractivity contribution in [1.29, 1.82) is 0 Å². The van der Waals surface area contributed by atoms with Crippen molar-refractivity contribution in [3.63, 3.8) is 0 Å². The van der Waals surface area contributed by atoms with E-state index in [0.717, 1.165) is 17.3 Å². The molecule has 2 amide bonds. The predicted molar refractivity (Wildman–Crippen MR) is 102 cm³/mol. The zero-order valence-corrected chi connectivity index (χ0v) is 14.7. The van der Waals surface area contributed by atoms with Crippen LogP contribution in [0.15, 0.2) is 65.3 Å². The summed E-state index contributed by atoms with van der Waals surface area (Å²) in [6, 6.07) is 14.8. The van der Waals surface area contributed by atoms with Gasteiger partial charge in [0.15, 0.2) is 5.17 Å². The normalized spacial score (nSPS) is 16.7. The zero-order chi connectivity index (χ0) is 18.7. The molecule has 0 saturated carbocycles. The van der Waals surface area contributed by atoms with Gasteiger partial charge in [0, 0.05) is 0 Å². The lowest BCUT2D eigenvalue weighted by Crippen LogP contribution is -2.33. The van der Waals surface area contributed by atoms with Crippen LogP contribution < -0.4 is 10.6 Å². The summed E-state index contributed by atoms with van der Waals surface area (Å²) in [5.41, 5.74) is 6.86. The summed E-state index contributed by atoms with van der Waals surface area (Å²) >= 11 is 1.09. The third kappa shape index (κ3) is 3.83. The highest BCUT2D eigenvalue weighted by molar-refractivity contribution is 8.15. The molecule has 1 atom stereocenters. The van der Waals surface area contributed by atoms with E-state index in [1.54, 1.807) is 13.0 Å². The van der Waals surface area contributed by atoms with Gasteiger partial charge in [-0.1, -0.05) is 42.1 Å². The Hall–Kier alpha value is -2.93. The number of carbonyl (C=O) groups excluding carboxylic acids is 2. The molecule has 0 bridgehead atoms. The van der Waals surface area contributed by atoms with Crippen LogP contribution in [0.3, 0.4) is 0 Å². The summed E-state index contributed by atoms with van der Waals surface area (Å²) in [5, 5.41) is -0.240. The van der Waals surface area contributed by atoms with Crippen molar-refractivity contribution >= 4 is 40.5 Å². The van der Waals surface area contributed by atoms with Gasteiger partial charge >= 0.3 is 0 Å². The Bertz CT molecular complexity index is 895. The van der Waals surface area contributed by atoms with E-state index in [1.165, 1.54) is 29.2 Å². The Labute approximate surface area is 154 Å². The lowest BCUT2D eigenvalue weighted by Gasteiger charge is -2.19. The molecule has 2 N–H and O–H groups in total. The van der Waals surface area contributed by atoms with Crippen molar-refractivity contribution in [2.75, 3.05) is 4.90 Å². The van der Waals surface area contributed by atoms with Gasteiger partial charge in [0.25, 0.3) is 5.91 Å². The smallest absolute Gasteiger partial charge is 0.283 e. The third-order valence-electron chi connectivity index (χ3n) is 3.70. The number of hydrogen-bond acceptors (Lipinski definition) is 4. The van der Waals surface area contributed by atoms with Gasteiger partial charge in [0.1, 0.15) is 11.5 Å². The predicted octanol–water partition coefficient (Wildman–Crippen LogP) is 3.18. The molecule has 2 aromatic carbocycles. The second kappa shape index (κ2) is 7.53. The number of amides is 2. The molecule has 0 aromatic heterocycles. The van der Waals surface area contributed by atoms with Crippen molar-refractivity contribution < 1.29 is 14.0 Å². The van der Waals surface area contributed by atoms with Crippen LogP contribution in [0.5, 0.6) is 0 Å². The maximum Gasteiger partial charge on any atom is 0.283 e. The molecule has 2 aromatic rings. The average molecular weight is 369 g/mol. The average Bonchev–Trinajstić information content (AvgIpc) is 2.92. The Morgan fingerprint density at radius 1 is 1.19 bits per heavy atom. The molecule has 5 nitrogen and oxygen atoms in total. The van der Waals surface area contributed by atoms with E-state index in [4.69, 9.17) is 5.73 Å². The molecule has 1 aliphatic heterocycles. The molecular weight excluding hydrogens is 353 g/mol. The van der Waals surface area contributed by atoms with Crippen molar-refractivity contribution in [3.8, 4) is 0 Å². The van der Waals surface area contributed by atoms with E-state index >= 15 is 0 Å². The van der Waals surface area contributed by atoms with Gasteiger partial charge in [-0.25, -0.2) is 9.38 Å². The quantitative estimate of drug-likeness (QED) is 0.841. The number of primary amides is 1. The minimum Gasteiger partial charge on any atom is -0.369 e. The molecule has 0 fully saturated rings. The first-order valence-electron chi connectivity index (χ1n) is 7.87. The fourth-order valence-electron chi connectivity index (χ4n) is 2.32. The maximum absolute atomic E-state index is 13.2. The number of hydrogen-bond donors (Lipinski definition) is 1. The first kappa shape index (κ1) is 17.9. The SMILES string of the molecule is C[C@H](SC1=N/C(=C\c2ccccc2)C(=O)N1c1ccc(F)cc1)C(N)=O. The molecule has 1 aliphatic rings. The standard InChI is InChI=1S/C19H16FN3O2S/c1-12(17(21)24)26-19-22-16(11-13-5-3-2-4-6-13)18(25)23(19)15-9-7-14(20)8-10-15/h2-12H,1H3,(H2,21,24)/b16-11-/t12-/m0/s1. The van der Waals surface area contributed by atoms with E-state index in [-0.39, 0.29) is 11.6 Å². The van der Waals surface area contributed by atoms with E-state index in [0.29, 0.717) is 10.9 Å². The van der Waals surface area contributed by atoms with Gasteiger partial charge in [-0.05, 0) is 42.8 Å². The molecule has 0 unspecified atom stereocenters. The Morgan fingerprint density at radius 3 is 2.46 bits per heavy atom. The van der Waals surface area contributed by atoms with E-state index in [1.807, 2.05) is 30.3 Å². The molecular formula is C19H16FN3O2S. The zero-order valence-electron chi connectivity index (χ0n) is 13.9. The number of aliphatic imine (C=N–C) groups is 1. The molecule has 1 heterocycles. The molecule has 0 saturated heterocycles. The highest BCUT2D eigenvalue weighted by Crippen LogP contribution is 2.31. The number of halogens is 1. The number of nitrogens with two attached hydrogens (primary N) is 1. The molecule has 26 heavy (non-hydrogen) atoms. The molecule has 3 rings (SSSR count). The van der Waals surface area contributed by atoms with Crippen LogP contribution in [0.25, 0.3) is 6.08 Å². The van der Waals surface area contributed by atoms with Crippen LogP contribution in [-0.2, 0) is 9.59 Å². The van der Waals surface area contributed by atoms with Crippen LogP contribution in [0.2, 0.25) is 0 Å². The van der Waals surface area contributed by atoms with Gasteiger partial charge < -0.3 is 5.73 Å². The molecule has 0 radical (unpaired) electrons. The van der Waals surface area contributed by atoms with Gasteiger partial charge in [0.2, 0.25) is 5.91 Å². The number of rotatable bonds is 4. The van der Waals surface area contributed by atoms with Crippen LogP contribution in [-0.4, -0.2) is 22.2 Å². The van der Waals surface area contributed by atoms with Crippen LogP contribution >= 0.6 is 11.8 Å². The summed E-state index contributed by atoms with van der Waals surface area (Å²) in [6.07, 6.45) is 1.67. The van der Waals surface area contributed by atoms with Crippen LogP contribution in [0, 0.1) is 5.82 Å². The second-order valence-corrected chi connectivity index (χ2v) is 6.92. The summed E-state index contributed by atoms with van der Waals surface area (Å²) in [4.78, 5) is 30.0. The fraction of sp³-hybridized carbons (Fsp3) is 0.105. The maximum atomic E-state index is 13.2. The number of anilines is 1. The minimum atomic E-state index is -0.569. The topological polar surface area (TPSA) is 75.8 Å².